The van der Waals surface area contributed by atoms with E-state index in [1.54, 1.807) is 11.3 Å². The molecule has 0 fully saturated rings. The summed E-state index contributed by atoms with van der Waals surface area (Å²) in [7, 11) is -3.68. The number of nitrogens with zero attached hydrogens (tertiary/aromatic N) is 1. The van der Waals surface area contributed by atoms with Gasteiger partial charge in [-0.15, -0.1) is 11.3 Å². The van der Waals surface area contributed by atoms with E-state index in [1.165, 1.54) is 23.8 Å². The molecule has 2 N–H and O–H groups in total. The fourth-order valence-corrected chi connectivity index (χ4v) is 4.24. The molecule has 0 radical (unpaired) electrons. The second kappa shape index (κ2) is 8.96. The number of halogens is 1. The van der Waals surface area contributed by atoms with E-state index < -0.39 is 15.7 Å². The van der Waals surface area contributed by atoms with Gasteiger partial charge >= 0.3 is 0 Å². The van der Waals surface area contributed by atoms with Crippen LogP contribution in [0.25, 0.3) is 0 Å². The van der Waals surface area contributed by atoms with Crippen molar-refractivity contribution in [1.29, 1.82) is 0 Å². The molecule has 25 heavy (non-hydrogen) atoms. The molecule has 1 aromatic heterocycles. The van der Waals surface area contributed by atoms with E-state index in [4.69, 9.17) is 0 Å². The van der Waals surface area contributed by atoms with Crippen LogP contribution in [0.3, 0.4) is 0 Å². The number of sulfone groups is 1. The Bertz CT molecular complexity index is 832. The van der Waals surface area contributed by atoms with Crippen LogP contribution in [0.1, 0.15) is 17.4 Å². The fraction of sp³-hybridized carbons (Fsp3) is 0.353. The molecule has 0 unspecified atom stereocenters. The third-order valence-corrected chi connectivity index (χ3v) is 6.28. The van der Waals surface area contributed by atoms with Gasteiger partial charge in [0.15, 0.2) is 15.8 Å². The van der Waals surface area contributed by atoms with Crippen LogP contribution in [-0.2, 0) is 16.4 Å². The summed E-state index contributed by atoms with van der Waals surface area (Å²) in [6, 6.07) is 7.45. The highest BCUT2D eigenvalue weighted by Crippen LogP contribution is 2.16. The molecule has 0 saturated heterocycles. The summed E-state index contributed by atoms with van der Waals surface area (Å²) in [5.41, 5.74) is 1.19. The first-order valence-corrected chi connectivity index (χ1v) is 10.5. The molecule has 8 heteroatoms. The Hall–Kier alpha value is -1.93. The Kier molecular flexibility index (Phi) is 6.95. The quantitative estimate of drug-likeness (QED) is 0.570. The van der Waals surface area contributed by atoms with Gasteiger partial charge in [0.1, 0.15) is 10.7 Å². The monoisotopic (exact) mass is 383 g/mol. The van der Waals surface area contributed by atoms with Crippen molar-refractivity contribution in [3.8, 4) is 0 Å². The van der Waals surface area contributed by atoms with Gasteiger partial charge in [-0.3, -0.25) is 0 Å². The minimum absolute atomic E-state index is 0.145. The van der Waals surface area contributed by atoms with Crippen molar-refractivity contribution in [2.45, 2.75) is 25.3 Å². The molecule has 0 bridgehead atoms. The molecule has 1 heterocycles. The molecule has 5 nitrogen and oxygen atoms in total. The Morgan fingerprint density at radius 3 is 2.64 bits per heavy atom. The van der Waals surface area contributed by atoms with Crippen molar-refractivity contribution in [1.82, 2.24) is 10.6 Å². The number of guanidine groups is 1. The van der Waals surface area contributed by atoms with Crippen LogP contribution in [-0.4, -0.2) is 33.2 Å². The third-order valence-electron chi connectivity index (χ3n) is 3.53. The zero-order valence-electron chi connectivity index (χ0n) is 14.3. The number of rotatable bonds is 7. The van der Waals surface area contributed by atoms with E-state index in [2.05, 4.69) is 15.6 Å². The van der Waals surface area contributed by atoms with Gasteiger partial charge in [-0.2, -0.15) is 0 Å². The average Bonchev–Trinajstić information content (AvgIpc) is 2.98. The highest BCUT2D eigenvalue weighted by molar-refractivity contribution is 7.91. The van der Waals surface area contributed by atoms with Crippen LogP contribution in [0.2, 0.25) is 0 Å². The van der Waals surface area contributed by atoms with E-state index in [9.17, 15) is 12.8 Å². The first-order valence-electron chi connectivity index (χ1n) is 7.96. The van der Waals surface area contributed by atoms with Crippen LogP contribution >= 0.6 is 11.3 Å². The van der Waals surface area contributed by atoms with E-state index >= 15 is 0 Å². The van der Waals surface area contributed by atoms with Crippen LogP contribution < -0.4 is 10.6 Å². The van der Waals surface area contributed by atoms with E-state index in [-0.39, 0.29) is 17.2 Å². The number of hydrogen-bond acceptors (Lipinski definition) is 4. The Morgan fingerprint density at radius 2 is 2.00 bits per heavy atom. The largest absolute Gasteiger partial charge is 0.357 e. The molecule has 0 spiro atoms. The zero-order chi connectivity index (χ0) is 18.3. The number of aryl methyl sites for hydroxylation is 1. The predicted molar refractivity (Wildman–Crippen MR) is 100 cm³/mol. The second-order valence-electron chi connectivity index (χ2n) is 5.40. The average molecular weight is 384 g/mol. The van der Waals surface area contributed by atoms with Gasteiger partial charge in [0, 0.05) is 18.0 Å². The molecule has 0 aliphatic rings. The number of benzene rings is 1. The lowest BCUT2D eigenvalue weighted by molar-refractivity contribution is 0.566. The highest BCUT2D eigenvalue weighted by Gasteiger charge is 2.18. The maximum Gasteiger partial charge on any atom is 0.191 e. The van der Waals surface area contributed by atoms with Crippen LogP contribution in [0.4, 0.5) is 4.39 Å². The summed E-state index contributed by atoms with van der Waals surface area (Å²) in [5.74, 6) is -0.397. The lowest BCUT2D eigenvalue weighted by atomic mass is 10.3. The second-order valence-corrected chi connectivity index (χ2v) is 8.48. The Labute approximate surface area is 151 Å². The summed E-state index contributed by atoms with van der Waals surface area (Å²) in [4.78, 5) is 5.36. The number of nitrogens with one attached hydrogen (secondary N) is 2. The van der Waals surface area contributed by atoms with Crippen molar-refractivity contribution in [2.75, 3.05) is 18.8 Å². The summed E-state index contributed by atoms with van der Waals surface area (Å²) < 4.78 is 38.2. The summed E-state index contributed by atoms with van der Waals surface area (Å²) in [6.45, 7) is 5.30. The van der Waals surface area contributed by atoms with Crippen LogP contribution in [0, 0.1) is 12.7 Å². The lowest BCUT2D eigenvalue weighted by Crippen LogP contribution is -2.39. The third kappa shape index (κ3) is 5.54. The van der Waals surface area contributed by atoms with Gasteiger partial charge in [0.05, 0.1) is 12.3 Å². The number of aliphatic imine (C=N–C) groups is 1. The maximum atomic E-state index is 13.7. The van der Waals surface area contributed by atoms with Crippen molar-refractivity contribution in [3.63, 3.8) is 0 Å². The maximum absolute atomic E-state index is 13.7. The standard InChI is InChI=1S/C17H22FN3O2S2/c1-3-19-17(21-12-15-13(2)8-10-24-15)20-9-11-25(22,23)16-7-5-4-6-14(16)18/h4-8,10H,3,9,11-12H2,1-2H3,(H2,19,20,21). The minimum atomic E-state index is -3.68. The van der Waals surface area contributed by atoms with Crippen molar-refractivity contribution < 1.29 is 12.8 Å². The van der Waals surface area contributed by atoms with E-state index in [0.717, 1.165) is 10.9 Å². The Balaban J connectivity index is 1.97. The Morgan fingerprint density at radius 1 is 1.24 bits per heavy atom. The van der Waals surface area contributed by atoms with Gasteiger partial charge in [0.2, 0.25) is 0 Å². The molecule has 0 aliphatic heterocycles. The molecule has 0 saturated carbocycles. The van der Waals surface area contributed by atoms with Gasteiger partial charge < -0.3 is 10.6 Å². The van der Waals surface area contributed by atoms with Gasteiger partial charge in [0.25, 0.3) is 0 Å². The van der Waals surface area contributed by atoms with Crippen LogP contribution in [0.5, 0.6) is 0 Å². The van der Waals surface area contributed by atoms with Crippen LogP contribution in [0.15, 0.2) is 45.6 Å². The fourth-order valence-electron chi connectivity index (χ4n) is 2.17. The first-order chi connectivity index (χ1) is 11.9. The molecule has 136 valence electrons. The van der Waals surface area contributed by atoms with Gasteiger partial charge in [-0.05, 0) is 43.0 Å². The van der Waals surface area contributed by atoms with Crippen molar-refractivity contribution >= 4 is 27.1 Å². The molecule has 1 aromatic carbocycles. The summed E-state index contributed by atoms with van der Waals surface area (Å²) in [5, 5.41) is 8.08. The number of hydrogen-bond donors (Lipinski definition) is 2. The molecule has 0 atom stereocenters. The van der Waals surface area contributed by atoms with E-state index in [0.29, 0.717) is 19.0 Å². The SMILES string of the molecule is CCNC(=NCc1sccc1C)NCCS(=O)(=O)c1ccccc1F. The molecular weight excluding hydrogens is 361 g/mol. The smallest absolute Gasteiger partial charge is 0.191 e. The topological polar surface area (TPSA) is 70.6 Å². The molecule has 2 rings (SSSR count). The molecular formula is C17H22FN3O2S2. The van der Waals surface area contributed by atoms with Crippen molar-refractivity contribution in [3.05, 3.63) is 52.0 Å². The first kappa shape index (κ1) is 19.4. The number of thiophene rings is 1. The predicted octanol–water partition coefficient (Wildman–Crippen LogP) is 2.72. The lowest BCUT2D eigenvalue weighted by Gasteiger charge is -2.12. The summed E-state index contributed by atoms with van der Waals surface area (Å²) in [6.07, 6.45) is 0. The van der Waals surface area contributed by atoms with E-state index in [1.807, 2.05) is 25.3 Å². The molecule has 0 amide bonds. The summed E-state index contributed by atoms with van der Waals surface area (Å²) >= 11 is 1.64. The van der Waals surface area contributed by atoms with Gasteiger partial charge in [-0.25, -0.2) is 17.8 Å². The molecule has 2 aromatic rings. The normalized spacial score (nSPS) is 12.2. The highest BCUT2D eigenvalue weighted by atomic mass is 32.2. The van der Waals surface area contributed by atoms with Gasteiger partial charge in [-0.1, -0.05) is 12.1 Å². The zero-order valence-corrected chi connectivity index (χ0v) is 15.9. The van der Waals surface area contributed by atoms with Crippen molar-refractivity contribution in [2.24, 2.45) is 4.99 Å². The molecule has 0 aliphatic carbocycles. The minimum Gasteiger partial charge on any atom is -0.357 e.